The zero-order valence-corrected chi connectivity index (χ0v) is 31.7. The second-order valence-electron chi connectivity index (χ2n) is 14.9. The number of phenolic OH excluding ortho intramolecular Hbond substituents is 2. The highest BCUT2D eigenvalue weighted by molar-refractivity contribution is 6.39. The summed E-state index contributed by atoms with van der Waals surface area (Å²) >= 11 is 0. The number of aromatic hydroxyl groups is 2. The largest absolute Gasteiger partial charge is 0.508 e. The summed E-state index contributed by atoms with van der Waals surface area (Å²) in [5.74, 6) is -4.79. The van der Waals surface area contributed by atoms with Crippen LogP contribution in [-0.4, -0.2) is 81.9 Å². The Bertz CT molecular complexity index is 1730. The van der Waals surface area contributed by atoms with Crippen molar-refractivity contribution >= 4 is 46.6 Å². The second-order valence-corrected chi connectivity index (χ2v) is 14.9. The Balaban J connectivity index is 1.84. The molecule has 0 unspecified atom stereocenters. The van der Waals surface area contributed by atoms with Crippen molar-refractivity contribution in [3.63, 3.8) is 0 Å². The number of amides is 4. The standard InChI is InChI=1S/C40H53N5O9/c1-21(2)17-28(41)37(51)44-30(18-22(3)4)38(52)45-36(23(5)6)40(54)43-29(19-24-7-11-26(46)12-8-24)33(50)20-42-39(53)35-32(49)16-15-31(48)34(35)25-9-13-27(47)14-10-25/h7-14,21-23,28-30,36,46-47H,15-20,41H2,1-6H3,(H,42,53)(H,43,54)(H,44,51)(H,45,52)/t28-,29-,30-,36-/m0/s1. The summed E-state index contributed by atoms with van der Waals surface area (Å²) in [6, 6.07) is 7.23. The average molecular weight is 748 g/mol. The topological polar surface area (TPSA) is 234 Å². The fourth-order valence-corrected chi connectivity index (χ4v) is 6.07. The van der Waals surface area contributed by atoms with Crippen LogP contribution in [0.4, 0.5) is 0 Å². The maximum Gasteiger partial charge on any atom is 0.256 e. The first kappa shape index (κ1) is 43.0. The number of rotatable bonds is 18. The number of benzene rings is 2. The molecule has 54 heavy (non-hydrogen) atoms. The van der Waals surface area contributed by atoms with Gasteiger partial charge in [-0.05, 0) is 72.4 Å². The summed E-state index contributed by atoms with van der Waals surface area (Å²) in [4.78, 5) is 93.3. The first-order chi connectivity index (χ1) is 25.4. The van der Waals surface area contributed by atoms with E-state index in [2.05, 4.69) is 21.3 Å². The molecule has 292 valence electrons. The van der Waals surface area contributed by atoms with Crippen LogP contribution in [0.25, 0.3) is 5.57 Å². The highest BCUT2D eigenvalue weighted by Crippen LogP contribution is 2.29. The van der Waals surface area contributed by atoms with E-state index in [-0.39, 0.29) is 60.2 Å². The summed E-state index contributed by atoms with van der Waals surface area (Å²) in [7, 11) is 0. The van der Waals surface area contributed by atoms with Crippen LogP contribution >= 0.6 is 0 Å². The molecule has 14 heteroatoms. The van der Waals surface area contributed by atoms with E-state index in [0.29, 0.717) is 12.0 Å². The molecule has 0 aliphatic heterocycles. The van der Waals surface area contributed by atoms with Crippen LogP contribution in [0, 0.1) is 17.8 Å². The lowest BCUT2D eigenvalue weighted by atomic mass is 9.85. The van der Waals surface area contributed by atoms with E-state index >= 15 is 0 Å². The van der Waals surface area contributed by atoms with Crippen molar-refractivity contribution in [1.29, 1.82) is 0 Å². The van der Waals surface area contributed by atoms with Crippen LogP contribution in [0.2, 0.25) is 0 Å². The normalized spacial score (nSPS) is 15.4. The molecule has 2 aromatic carbocycles. The van der Waals surface area contributed by atoms with Gasteiger partial charge in [0.15, 0.2) is 17.3 Å². The predicted molar refractivity (Wildman–Crippen MR) is 202 cm³/mol. The molecular weight excluding hydrogens is 694 g/mol. The lowest BCUT2D eigenvalue weighted by Crippen LogP contribution is -2.59. The van der Waals surface area contributed by atoms with Gasteiger partial charge in [0.05, 0.1) is 24.2 Å². The minimum absolute atomic E-state index is 0.00572. The van der Waals surface area contributed by atoms with Gasteiger partial charge >= 0.3 is 0 Å². The molecule has 0 saturated carbocycles. The van der Waals surface area contributed by atoms with Gasteiger partial charge in [0, 0.05) is 18.4 Å². The minimum Gasteiger partial charge on any atom is -0.508 e. The first-order valence-electron chi connectivity index (χ1n) is 18.2. The number of hydrogen-bond acceptors (Lipinski definition) is 10. The molecule has 0 spiro atoms. The molecule has 3 rings (SSSR count). The van der Waals surface area contributed by atoms with Crippen LogP contribution < -0.4 is 27.0 Å². The Hall–Kier alpha value is -5.37. The second kappa shape index (κ2) is 19.6. The molecule has 0 heterocycles. The zero-order chi connectivity index (χ0) is 40.3. The van der Waals surface area contributed by atoms with Gasteiger partial charge in [-0.25, -0.2) is 0 Å². The lowest BCUT2D eigenvalue weighted by molar-refractivity contribution is -0.134. The average Bonchev–Trinajstić information content (AvgIpc) is 3.10. The zero-order valence-electron chi connectivity index (χ0n) is 31.7. The summed E-state index contributed by atoms with van der Waals surface area (Å²) in [6.07, 6.45) is 0.347. The van der Waals surface area contributed by atoms with Gasteiger partial charge in [-0.3, -0.25) is 33.6 Å². The summed E-state index contributed by atoms with van der Waals surface area (Å²) in [6.45, 7) is 10.4. The molecule has 2 aromatic rings. The Morgan fingerprint density at radius 2 is 1.22 bits per heavy atom. The van der Waals surface area contributed by atoms with Crippen LogP contribution in [0.5, 0.6) is 11.5 Å². The van der Waals surface area contributed by atoms with Crippen molar-refractivity contribution in [2.75, 3.05) is 6.54 Å². The molecule has 4 amide bonds. The minimum atomic E-state index is -1.24. The van der Waals surface area contributed by atoms with E-state index in [1.54, 1.807) is 26.0 Å². The van der Waals surface area contributed by atoms with E-state index in [9.17, 15) is 43.8 Å². The van der Waals surface area contributed by atoms with Gasteiger partial charge in [0.25, 0.3) is 5.91 Å². The molecule has 0 aromatic heterocycles. The molecule has 4 atom stereocenters. The molecule has 0 fully saturated rings. The molecule has 1 aliphatic carbocycles. The number of nitrogens with one attached hydrogen (secondary N) is 4. The van der Waals surface area contributed by atoms with Crippen molar-refractivity contribution in [3.8, 4) is 11.5 Å². The Morgan fingerprint density at radius 1 is 0.685 bits per heavy atom. The third-order valence-electron chi connectivity index (χ3n) is 8.92. The fraction of sp³-hybridized carbons (Fsp3) is 0.475. The quantitative estimate of drug-likeness (QED) is 0.110. The smallest absolute Gasteiger partial charge is 0.256 e. The van der Waals surface area contributed by atoms with Crippen molar-refractivity contribution in [2.45, 2.75) is 97.8 Å². The number of carbonyl (C=O) groups excluding carboxylic acids is 7. The van der Waals surface area contributed by atoms with Gasteiger partial charge in [-0.15, -0.1) is 0 Å². The fourth-order valence-electron chi connectivity index (χ4n) is 6.07. The Morgan fingerprint density at radius 3 is 1.78 bits per heavy atom. The third-order valence-corrected chi connectivity index (χ3v) is 8.92. The van der Waals surface area contributed by atoms with Crippen molar-refractivity contribution < 1.29 is 43.8 Å². The van der Waals surface area contributed by atoms with Gasteiger partial charge in [-0.2, -0.15) is 0 Å². The molecule has 14 nitrogen and oxygen atoms in total. The SMILES string of the molecule is CC(C)C[C@H](NC(=O)[C@@H](N)CC(C)C)C(=O)N[C@H](C(=O)N[C@@H](Cc1ccc(O)cc1)C(=O)CNC(=O)C1=C(c2ccc(O)cc2)C(=O)CCC1=O)C(C)C. The number of ketones is 3. The maximum absolute atomic E-state index is 13.8. The van der Waals surface area contributed by atoms with Gasteiger partial charge in [0.1, 0.15) is 23.6 Å². The van der Waals surface area contributed by atoms with E-state index in [0.717, 1.165) is 0 Å². The van der Waals surface area contributed by atoms with Crippen LogP contribution in [0.15, 0.2) is 54.1 Å². The number of nitrogens with two attached hydrogens (primary N) is 1. The number of hydrogen-bond donors (Lipinski definition) is 7. The molecule has 0 radical (unpaired) electrons. The summed E-state index contributed by atoms with van der Waals surface area (Å²) < 4.78 is 0. The van der Waals surface area contributed by atoms with Crippen LogP contribution in [0.3, 0.4) is 0 Å². The summed E-state index contributed by atoms with van der Waals surface area (Å²) in [5.41, 5.74) is 6.37. The maximum atomic E-state index is 13.8. The Labute approximate surface area is 315 Å². The van der Waals surface area contributed by atoms with Gasteiger partial charge in [0.2, 0.25) is 17.7 Å². The van der Waals surface area contributed by atoms with E-state index < -0.39 is 83.2 Å². The lowest BCUT2D eigenvalue weighted by Gasteiger charge is -2.28. The Kier molecular flexibility index (Phi) is 15.6. The van der Waals surface area contributed by atoms with Crippen molar-refractivity contribution in [1.82, 2.24) is 21.3 Å². The molecule has 0 saturated heterocycles. The van der Waals surface area contributed by atoms with Crippen LogP contribution in [0.1, 0.15) is 78.4 Å². The number of phenols is 2. The van der Waals surface area contributed by atoms with Crippen LogP contribution in [-0.2, 0) is 40.0 Å². The van der Waals surface area contributed by atoms with E-state index in [1.807, 2.05) is 27.7 Å². The van der Waals surface area contributed by atoms with E-state index in [4.69, 9.17) is 5.73 Å². The highest BCUT2D eigenvalue weighted by atomic mass is 16.3. The predicted octanol–water partition coefficient (Wildman–Crippen LogP) is 2.24. The molecular formula is C40H53N5O9. The van der Waals surface area contributed by atoms with Crippen molar-refractivity contribution in [2.24, 2.45) is 23.5 Å². The molecule has 8 N–H and O–H groups in total. The number of carbonyl (C=O) groups is 7. The summed E-state index contributed by atoms with van der Waals surface area (Å²) in [5, 5.41) is 30.1. The third kappa shape index (κ3) is 12.4. The number of Topliss-reactive ketones (excluding diaryl/α,β-unsaturated/α-hetero) is 3. The molecule has 1 aliphatic rings. The number of allylic oxidation sites excluding steroid dienone is 1. The van der Waals surface area contributed by atoms with Gasteiger partial charge < -0.3 is 37.2 Å². The van der Waals surface area contributed by atoms with Crippen molar-refractivity contribution in [3.05, 3.63) is 65.2 Å². The first-order valence-corrected chi connectivity index (χ1v) is 18.2. The molecule has 0 bridgehead atoms. The monoisotopic (exact) mass is 747 g/mol. The van der Waals surface area contributed by atoms with E-state index in [1.165, 1.54) is 36.4 Å². The van der Waals surface area contributed by atoms with Gasteiger partial charge in [-0.1, -0.05) is 65.8 Å². The highest BCUT2D eigenvalue weighted by Gasteiger charge is 2.35.